The Morgan fingerprint density at radius 2 is 1.93 bits per heavy atom. The summed E-state index contributed by atoms with van der Waals surface area (Å²) < 4.78 is 0.730. The lowest BCUT2D eigenvalue weighted by molar-refractivity contribution is -0.113. The van der Waals surface area contributed by atoms with Crippen molar-refractivity contribution in [2.75, 3.05) is 16.4 Å². The van der Waals surface area contributed by atoms with Crippen LogP contribution in [0.5, 0.6) is 0 Å². The van der Waals surface area contributed by atoms with Crippen molar-refractivity contribution in [3.8, 4) is 0 Å². The van der Waals surface area contributed by atoms with Gasteiger partial charge < -0.3 is 10.6 Å². The number of carbonyl (C=O) groups excluding carboxylic acids is 1. The Kier molecular flexibility index (Phi) is 6.36. The highest BCUT2D eigenvalue weighted by molar-refractivity contribution is 8.01. The van der Waals surface area contributed by atoms with E-state index in [0.29, 0.717) is 15.8 Å². The smallest absolute Gasteiger partial charge is 0.234 e. The summed E-state index contributed by atoms with van der Waals surface area (Å²) in [6.07, 6.45) is 0. The molecule has 0 radical (unpaired) electrons. The number of benzene rings is 2. The van der Waals surface area contributed by atoms with Crippen LogP contribution < -0.4 is 10.6 Å². The van der Waals surface area contributed by atoms with Gasteiger partial charge in [0, 0.05) is 5.69 Å². The number of aryl methyl sites for hydroxylation is 3. The summed E-state index contributed by atoms with van der Waals surface area (Å²) in [6, 6.07) is 11.8. The monoisotopic (exact) mass is 418 g/mol. The van der Waals surface area contributed by atoms with E-state index < -0.39 is 0 Å². The fourth-order valence-corrected chi connectivity index (χ4v) is 4.46. The van der Waals surface area contributed by atoms with Gasteiger partial charge in [-0.3, -0.25) is 4.79 Å². The summed E-state index contributed by atoms with van der Waals surface area (Å²) in [7, 11) is 0. The third kappa shape index (κ3) is 5.22. The van der Waals surface area contributed by atoms with Crippen LogP contribution in [0.4, 0.5) is 16.5 Å². The fourth-order valence-electron chi connectivity index (χ4n) is 2.52. The Hall–Kier alpha value is -2.09. The maximum atomic E-state index is 12.3. The number of nitrogens with one attached hydrogen (secondary N) is 2. The van der Waals surface area contributed by atoms with E-state index in [9.17, 15) is 4.79 Å². The van der Waals surface area contributed by atoms with Crippen LogP contribution in [0.2, 0.25) is 5.02 Å². The second-order valence-corrected chi connectivity index (χ2v) is 8.70. The van der Waals surface area contributed by atoms with Gasteiger partial charge in [0.25, 0.3) is 0 Å². The average molecular weight is 419 g/mol. The molecular formula is C19H19ClN4OS2. The third-order valence-corrected chi connectivity index (χ3v) is 6.09. The van der Waals surface area contributed by atoms with E-state index in [0.717, 1.165) is 26.7 Å². The van der Waals surface area contributed by atoms with Gasteiger partial charge in [0.05, 0.1) is 16.5 Å². The number of anilines is 3. The van der Waals surface area contributed by atoms with Crippen LogP contribution in [0.3, 0.4) is 0 Å². The molecule has 2 N–H and O–H groups in total. The van der Waals surface area contributed by atoms with Gasteiger partial charge in [-0.25, -0.2) is 0 Å². The standard InChI is InChI=1S/C19H19ClN4OS2/c1-11-8-13(3)17(14(20)9-11)22-16(25)10-26-19-24-23-18(27-19)21-15-7-5-4-6-12(15)2/h4-9H,10H2,1-3H3,(H,21,23)(H,22,25). The van der Waals surface area contributed by atoms with Crippen molar-refractivity contribution in [1.82, 2.24) is 10.2 Å². The maximum absolute atomic E-state index is 12.3. The molecule has 27 heavy (non-hydrogen) atoms. The molecule has 0 aliphatic rings. The van der Waals surface area contributed by atoms with Gasteiger partial charge in [-0.15, -0.1) is 10.2 Å². The van der Waals surface area contributed by atoms with Gasteiger partial charge in [-0.1, -0.05) is 59.0 Å². The van der Waals surface area contributed by atoms with E-state index in [2.05, 4.69) is 20.8 Å². The lowest BCUT2D eigenvalue weighted by atomic mass is 10.1. The highest BCUT2D eigenvalue weighted by Gasteiger charge is 2.12. The molecule has 1 aromatic heterocycles. The average Bonchev–Trinajstić information content (AvgIpc) is 3.06. The van der Waals surface area contributed by atoms with Crippen molar-refractivity contribution >= 4 is 57.1 Å². The molecule has 0 aliphatic carbocycles. The van der Waals surface area contributed by atoms with Crippen LogP contribution in [-0.2, 0) is 4.79 Å². The van der Waals surface area contributed by atoms with Crippen LogP contribution >= 0.6 is 34.7 Å². The largest absolute Gasteiger partial charge is 0.330 e. The van der Waals surface area contributed by atoms with Crippen molar-refractivity contribution in [2.45, 2.75) is 25.1 Å². The first kappa shape index (κ1) is 19.7. The van der Waals surface area contributed by atoms with E-state index in [1.165, 1.54) is 23.1 Å². The van der Waals surface area contributed by atoms with Crippen LogP contribution in [-0.4, -0.2) is 21.9 Å². The van der Waals surface area contributed by atoms with Crippen molar-refractivity contribution < 1.29 is 4.79 Å². The predicted octanol–water partition coefficient (Wildman–Crippen LogP) is 5.59. The van der Waals surface area contributed by atoms with E-state index in [1.54, 1.807) is 0 Å². The topological polar surface area (TPSA) is 66.9 Å². The van der Waals surface area contributed by atoms with Gasteiger partial charge in [-0.2, -0.15) is 0 Å². The first-order chi connectivity index (χ1) is 12.9. The number of hydrogen-bond donors (Lipinski definition) is 2. The number of para-hydroxylation sites is 1. The number of halogens is 1. The van der Waals surface area contributed by atoms with Gasteiger partial charge in [0.1, 0.15) is 0 Å². The lowest BCUT2D eigenvalue weighted by Gasteiger charge is -2.11. The highest BCUT2D eigenvalue weighted by Crippen LogP contribution is 2.30. The summed E-state index contributed by atoms with van der Waals surface area (Å²) >= 11 is 9.00. The number of carbonyl (C=O) groups is 1. The molecule has 0 saturated heterocycles. The Morgan fingerprint density at radius 1 is 1.15 bits per heavy atom. The van der Waals surface area contributed by atoms with Crippen LogP contribution in [0.25, 0.3) is 0 Å². The normalized spacial score (nSPS) is 10.7. The predicted molar refractivity (Wildman–Crippen MR) is 115 cm³/mol. The summed E-state index contributed by atoms with van der Waals surface area (Å²) in [4.78, 5) is 12.3. The van der Waals surface area contributed by atoms with Crippen LogP contribution in [0, 0.1) is 20.8 Å². The molecule has 0 bridgehead atoms. The second kappa shape index (κ2) is 8.73. The zero-order chi connectivity index (χ0) is 19.4. The number of rotatable bonds is 6. The molecule has 0 unspecified atom stereocenters. The van der Waals surface area contributed by atoms with E-state index in [-0.39, 0.29) is 11.7 Å². The first-order valence-electron chi connectivity index (χ1n) is 8.28. The van der Waals surface area contributed by atoms with Crippen molar-refractivity contribution in [1.29, 1.82) is 0 Å². The molecule has 3 aromatic rings. The van der Waals surface area contributed by atoms with Gasteiger partial charge in [0.2, 0.25) is 11.0 Å². The Labute approximate surface area is 171 Å². The summed E-state index contributed by atoms with van der Waals surface area (Å²) in [5, 5.41) is 15.6. The quantitative estimate of drug-likeness (QED) is 0.510. The molecule has 0 fully saturated rings. The zero-order valence-corrected chi connectivity index (χ0v) is 17.6. The number of aromatic nitrogens is 2. The molecule has 2 aromatic carbocycles. The molecule has 140 valence electrons. The van der Waals surface area contributed by atoms with E-state index in [1.807, 2.05) is 57.2 Å². The maximum Gasteiger partial charge on any atom is 0.234 e. The summed E-state index contributed by atoms with van der Waals surface area (Å²) in [5.41, 5.74) is 4.79. The number of nitrogens with zero attached hydrogens (tertiary/aromatic N) is 2. The lowest BCUT2D eigenvalue weighted by Crippen LogP contribution is -2.15. The molecule has 0 saturated carbocycles. The molecule has 1 heterocycles. The fraction of sp³-hybridized carbons (Fsp3) is 0.211. The molecular weight excluding hydrogens is 400 g/mol. The van der Waals surface area contributed by atoms with Crippen LogP contribution in [0.1, 0.15) is 16.7 Å². The Bertz CT molecular complexity index is 951. The SMILES string of the molecule is Cc1cc(C)c(NC(=O)CSc2nnc(Nc3ccccc3C)s2)c(Cl)c1. The van der Waals surface area contributed by atoms with Gasteiger partial charge in [-0.05, 0) is 49.6 Å². The number of amides is 1. The second-order valence-electron chi connectivity index (χ2n) is 6.09. The summed E-state index contributed by atoms with van der Waals surface area (Å²) in [6.45, 7) is 5.93. The molecule has 0 spiro atoms. The number of thioether (sulfide) groups is 1. The zero-order valence-electron chi connectivity index (χ0n) is 15.2. The Morgan fingerprint density at radius 3 is 2.67 bits per heavy atom. The van der Waals surface area contributed by atoms with Crippen molar-refractivity contribution in [2.24, 2.45) is 0 Å². The minimum absolute atomic E-state index is 0.127. The summed E-state index contributed by atoms with van der Waals surface area (Å²) in [5.74, 6) is 0.111. The molecule has 1 amide bonds. The first-order valence-corrected chi connectivity index (χ1v) is 10.5. The van der Waals surface area contributed by atoms with E-state index >= 15 is 0 Å². The highest BCUT2D eigenvalue weighted by atomic mass is 35.5. The van der Waals surface area contributed by atoms with Crippen molar-refractivity contribution in [3.63, 3.8) is 0 Å². The molecule has 5 nitrogen and oxygen atoms in total. The molecule has 0 aliphatic heterocycles. The van der Waals surface area contributed by atoms with Gasteiger partial charge in [0.15, 0.2) is 4.34 Å². The molecule has 3 rings (SSSR count). The van der Waals surface area contributed by atoms with E-state index in [4.69, 9.17) is 11.6 Å². The third-order valence-electron chi connectivity index (χ3n) is 3.82. The number of hydrogen-bond acceptors (Lipinski definition) is 6. The molecule has 8 heteroatoms. The van der Waals surface area contributed by atoms with Crippen molar-refractivity contribution in [3.05, 3.63) is 58.1 Å². The minimum atomic E-state index is -0.127. The minimum Gasteiger partial charge on any atom is -0.330 e. The van der Waals surface area contributed by atoms with Crippen LogP contribution in [0.15, 0.2) is 40.7 Å². The molecule has 0 atom stereocenters. The Balaban J connectivity index is 1.57. The van der Waals surface area contributed by atoms with Gasteiger partial charge >= 0.3 is 0 Å².